The molecular formula is C24H30F4N6O. The largest absolute Gasteiger partial charge is 0.434 e. The number of anilines is 1. The molecule has 2 aromatic rings. The van der Waals surface area contributed by atoms with E-state index in [4.69, 9.17) is 0 Å². The minimum Gasteiger partial charge on any atom is -0.351 e. The molecule has 1 aromatic heterocycles. The maximum Gasteiger partial charge on any atom is 0.434 e. The molecule has 0 spiro atoms. The van der Waals surface area contributed by atoms with Crippen LogP contribution in [0.1, 0.15) is 37.9 Å². The number of aromatic nitrogens is 2. The van der Waals surface area contributed by atoms with Crippen LogP contribution < -0.4 is 10.2 Å². The van der Waals surface area contributed by atoms with E-state index in [1.165, 1.54) is 12.1 Å². The number of alkyl halides is 3. The van der Waals surface area contributed by atoms with Gasteiger partial charge in [-0.1, -0.05) is 12.1 Å². The zero-order chi connectivity index (χ0) is 25.2. The lowest BCUT2D eigenvalue weighted by atomic mass is 10.0. The zero-order valence-corrected chi connectivity index (χ0v) is 19.8. The molecule has 3 heterocycles. The van der Waals surface area contributed by atoms with Crippen molar-refractivity contribution in [3.63, 3.8) is 0 Å². The fourth-order valence-electron chi connectivity index (χ4n) is 4.87. The van der Waals surface area contributed by atoms with Crippen molar-refractivity contribution in [3.05, 3.63) is 53.7 Å². The van der Waals surface area contributed by atoms with Crippen molar-refractivity contribution in [2.24, 2.45) is 0 Å². The summed E-state index contributed by atoms with van der Waals surface area (Å²) >= 11 is 0. The smallest absolute Gasteiger partial charge is 0.351 e. The Bertz CT molecular complexity index is 981. The first-order valence-corrected chi connectivity index (χ1v) is 11.8. The summed E-state index contributed by atoms with van der Waals surface area (Å²) in [5.41, 5.74) is 0.0382. The number of halogens is 4. The summed E-state index contributed by atoms with van der Waals surface area (Å²) in [6, 6.07) is 6.17. The van der Waals surface area contributed by atoms with Crippen LogP contribution in [-0.2, 0) is 12.7 Å². The number of benzene rings is 1. The molecule has 1 aromatic carbocycles. The van der Waals surface area contributed by atoms with Crippen molar-refractivity contribution in [1.82, 2.24) is 25.1 Å². The van der Waals surface area contributed by atoms with E-state index in [9.17, 15) is 22.4 Å². The van der Waals surface area contributed by atoms with Gasteiger partial charge in [-0.3, -0.25) is 4.90 Å². The van der Waals surface area contributed by atoms with Crippen LogP contribution in [0.25, 0.3) is 0 Å². The molecule has 11 heteroatoms. The molecular weight excluding hydrogens is 464 g/mol. The molecule has 1 N–H and O–H groups in total. The Morgan fingerprint density at radius 3 is 2.20 bits per heavy atom. The molecule has 190 valence electrons. The van der Waals surface area contributed by atoms with Crippen LogP contribution in [0.15, 0.2) is 36.7 Å². The topological polar surface area (TPSA) is 64.6 Å². The third-order valence-corrected chi connectivity index (χ3v) is 6.64. The number of piperidine rings is 1. The van der Waals surface area contributed by atoms with Crippen LogP contribution in [0.2, 0.25) is 0 Å². The van der Waals surface area contributed by atoms with Crippen molar-refractivity contribution in [1.29, 1.82) is 0 Å². The summed E-state index contributed by atoms with van der Waals surface area (Å²) in [6.07, 6.45) is -0.989. The van der Waals surface area contributed by atoms with Crippen LogP contribution in [0, 0.1) is 5.82 Å². The van der Waals surface area contributed by atoms with E-state index in [1.54, 1.807) is 17.0 Å². The van der Waals surface area contributed by atoms with Gasteiger partial charge in [-0.25, -0.2) is 19.2 Å². The predicted molar refractivity (Wildman–Crippen MR) is 123 cm³/mol. The van der Waals surface area contributed by atoms with Crippen molar-refractivity contribution in [2.75, 3.05) is 31.1 Å². The second-order valence-corrected chi connectivity index (χ2v) is 9.39. The van der Waals surface area contributed by atoms with E-state index in [2.05, 4.69) is 20.2 Å². The van der Waals surface area contributed by atoms with Crippen LogP contribution in [0.4, 0.5) is 28.2 Å². The van der Waals surface area contributed by atoms with Crippen LogP contribution in [0.3, 0.4) is 0 Å². The van der Waals surface area contributed by atoms with E-state index in [0.29, 0.717) is 18.9 Å². The van der Waals surface area contributed by atoms with E-state index in [1.807, 2.05) is 18.7 Å². The van der Waals surface area contributed by atoms with Gasteiger partial charge in [0.05, 0.1) is 12.4 Å². The standard InChI is InChI=1S/C24H30F4N6O/c1-16-13-33(22-12-29-21(11-30-22)24(26,27)28)14-17(2)34(16)23(35)31-20-7-9-32(10-8-20)15-18-3-5-19(25)6-4-18/h3-6,11-12,16-17,20H,7-10,13-15H2,1-2H3,(H,31,35)/t16-,17-/m1/s1. The summed E-state index contributed by atoms with van der Waals surface area (Å²) in [5.74, 6) is 0.122. The third-order valence-electron chi connectivity index (χ3n) is 6.64. The number of nitrogens with zero attached hydrogens (tertiary/aromatic N) is 5. The lowest BCUT2D eigenvalue weighted by molar-refractivity contribution is -0.141. The molecule has 0 radical (unpaired) electrons. The molecule has 2 saturated heterocycles. The van der Waals surface area contributed by atoms with Gasteiger partial charge in [-0.15, -0.1) is 0 Å². The summed E-state index contributed by atoms with van der Waals surface area (Å²) in [5, 5.41) is 3.16. The maximum atomic E-state index is 13.1. The Labute approximate surface area is 202 Å². The lowest BCUT2D eigenvalue weighted by Gasteiger charge is -2.45. The number of carbonyl (C=O) groups excluding carboxylic acids is 1. The highest BCUT2D eigenvalue weighted by Crippen LogP contribution is 2.28. The van der Waals surface area contributed by atoms with E-state index >= 15 is 0 Å². The summed E-state index contributed by atoms with van der Waals surface area (Å²) in [4.78, 5) is 26.5. The van der Waals surface area contributed by atoms with Gasteiger partial charge >= 0.3 is 12.2 Å². The SMILES string of the molecule is C[C@@H]1CN(c2cnc(C(F)(F)F)cn2)C[C@@H](C)N1C(=O)NC1CCN(Cc2ccc(F)cc2)CC1. The predicted octanol–water partition coefficient (Wildman–Crippen LogP) is 3.91. The molecule has 7 nitrogen and oxygen atoms in total. The van der Waals surface area contributed by atoms with E-state index in [-0.39, 0.29) is 30.0 Å². The first kappa shape index (κ1) is 25.2. The van der Waals surface area contributed by atoms with Crippen LogP contribution in [-0.4, -0.2) is 70.1 Å². The van der Waals surface area contributed by atoms with Crippen molar-refractivity contribution in [2.45, 2.75) is 57.5 Å². The van der Waals surface area contributed by atoms with Gasteiger partial charge in [0.15, 0.2) is 5.69 Å². The molecule has 4 rings (SSSR count). The molecule has 2 atom stereocenters. The fraction of sp³-hybridized carbons (Fsp3) is 0.542. The first-order chi connectivity index (χ1) is 16.6. The number of hydrogen-bond donors (Lipinski definition) is 1. The lowest BCUT2D eigenvalue weighted by Crippen LogP contribution is -2.62. The second-order valence-electron chi connectivity index (χ2n) is 9.39. The monoisotopic (exact) mass is 494 g/mol. The number of piperazine rings is 1. The highest BCUT2D eigenvalue weighted by atomic mass is 19.4. The number of hydrogen-bond acceptors (Lipinski definition) is 5. The molecule has 35 heavy (non-hydrogen) atoms. The first-order valence-electron chi connectivity index (χ1n) is 11.8. The minimum atomic E-state index is -4.53. The molecule has 2 amide bonds. The highest BCUT2D eigenvalue weighted by molar-refractivity contribution is 5.75. The average molecular weight is 495 g/mol. The third kappa shape index (κ3) is 6.19. The number of amides is 2. The number of likely N-dealkylation sites (tertiary alicyclic amines) is 1. The summed E-state index contributed by atoms with van der Waals surface area (Å²) in [6.45, 7) is 7.18. The van der Waals surface area contributed by atoms with Crippen LogP contribution >= 0.6 is 0 Å². The molecule has 2 aliphatic heterocycles. The Hall–Kier alpha value is -2.95. The Morgan fingerprint density at radius 2 is 1.66 bits per heavy atom. The number of rotatable bonds is 4. The van der Waals surface area contributed by atoms with Gasteiger partial charge in [-0.05, 0) is 44.4 Å². The Balaban J connectivity index is 1.27. The van der Waals surface area contributed by atoms with Gasteiger partial charge in [-0.2, -0.15) is 13.2 Å². The zero-order valence-electron chi connectivity index (χ0n) is 19.8. The maximum absolute atomic E-state index is 13.1. The van der Waals surface area contributed by atoms with Crippen molar-refractivity contribution in [3.8, 4) is 0 Å². The van der Waals surface area contributed by atoms with Crippen LogP contribution in [0.5, 0.6) is 0 Å². The summed E-state index contributed by atoms with van der Waals surface area (Å²) in [7, 11) is 0. The average Bonchev–Trinajstić information content (AvgIpc) is 2.81. The van der Waals surface area contributed by atoms with Gasteiger partial charge in [0.2, 0.25) is 0 Å². The second kappa shape index (κ2) is 10.3. The van der Waals surface area contributed by atoms with E-state index < -0.39 is 11.9 Å². The quantitative estimate of drug-likeness (QED) is 0.653. The van der Waals surface area contributed by atoms with Gasteiger partial charge in [0.1, 0.15) is 11.6 Å². The molecule has 0 bridgehead atoms. The Morgan fingerprint density at radius 1 is 1.03 bits per heavy atom. The molecule has 2 fully saturated rings. The number of urea groups is 1. The summed E-state index contributed by atoms with van der Waals surface area (Å²) < 4.78 is 51.4. The fourth-order valence-corrected chi connectivity index (χ4v) is 4.87. The van der Waals surface area contributed by atoms with Crippen molar-refractivity contribution < 1.29 is 22.4 Å². The molecule has 0 aliphatic carbocycles. The van der Waals surface area contributed by atoms with Crippen molar-refractivity contribution >= 4 is 11.8 Å². The number of nitrogens with one attached hydrogen (secondary N) is 1. The highest BCUT2D eigenvalue weighted by Gasteiger charge is 2.36. The molecule has 2 aliphatic rings. The minimum absolute atomic E-state index is 0.0742. The van der Waals surface area contributed by atoms with Gasteiger partial charge < -0.3 is 15.1 Å². The molecule has 0 unspecified atom stereocenters. The van der Waals surface area contributed by atoms with Gasteiger partial charge in [0, 0.05) is 50.8 Å². The normalized spacial score (nSPS) is 22.3. The van der Waals surface area contributed by atoms with Gasteiger partial charge in [0.25, 0.3) is 0 Å². The molecule has 0 saturated carbocycles. The Kier molecular flexibility index (Phi) is 7.44. The number of carbonyl (C=O) groups is 1. The van der Waals surface area contributed by atoms with E-state index in [0.717, 1.165) is 50.4 Å².